The molecule has 0 N–H and O–H groups in total. The van der Waals surface area contributed by atoms with Crippen LogP contribution in [-0.2, 0) is 26.8 Å². The van der Waals surface area contributed by atoms with Crippen LogP contribution >= 0.6 is 0 Å². The molecule has 0 amide bonds. The van der Waals surface area contributed by atoms with Gasteiger partial charge in [-0.05, 0) is 38.5 Å². The molecule has 0 aliphatic carbocycles. The Morgan fingerprint density at radius 1 is 1.15 bits per heavy atom. The fraction of sp³-hybridized carbons (Fsp3) is 0.400. The number of nitrogens with zero attached hydrogens (tertiary/aromatic N) is 1. The van der Waals surface area contributed by atoms with E-state index in [1.54, 1.807) is 31.4 Å². The Balaban J connectivity index is 2.07. The first-order valence-corrected chi connectivity index (χ1v) is 10.2. The number of aromatic nitrogens is 1. The zero-order valence-electron chi connectivity index (χ0n) is 16.1. The number of carbonyl (C=O) groups is 2. The standard InChI is InChI=1S/C20H25NO5S/c1-14-12-17(15(2)21(14)10-7-11-25-3)18(22)13-26-20(23)16-8-5-6-9-19(16)27(4)24/h5-6,8-9,12H,7,10-11,13H2,1-4H3/t27-/m0/s1. The van der Waals surface area contributed by atoms with E-state index < -0.39 is 16.8 Å². The van der Waals surface area contributed by atoms with Crippen LogP contribution in [0.5, 0.6) is 0 Å². The van der Waals surface area contributed by atoms with E-state index in [0.717, 1.165) is 24.4 Å². The second-order valence-corrected chi connectivity index (χ2v) is 7.58. The Bertz CT molecular complexity index is 856. The van der Waals surface area contributed by atoms with Crippen LogP contribution in [0.25, 0.3) is 0 Å². The van der Waals surface area contributed by atoms with Gasteiger partial charge in [-0.15, -0.1) is 0 Å². The number of esters is 1. The van der Waals surface area contributed by atoms with E-state index in [2.05, 4.69) is 4.57 Å². The highest BCUT2D eigenvalue weighted by Gasteiger charge is 2.19. The predicted molar refractivity (Wildman–Crippen MR) is 104 cm³/mol. The Labute approximate surface area is 161 Å². The van der Waals surface area contributed by atoms with Crippen molar-refractivity contribution in [3.63, 3.8) is 0 Å². The second-order valence-electron chi connectivity index (χ2n) is 6.23. The molecule has 1 aromatic heterocycles. The summed E-state index contributed by atoms with van der Waals surface area (Å²) in [6.45, 7) is 4.87. The number of rotatable bonds is 9. The highest BCUT2D eigenvalue weighted by Crippen LogP contribution is 2.18. The zero-order chi connectivity index (χ0) is 20.0. The van der Waals surface area contributed by atoms with Crippen LogP contribution in [0, 0.1) is 13.8 Å². The Kier molecular flexibility index (Phi) is 7.50. The molecule has 6 nitrogen and oxygen atoms in total. The van der Waals surface area contributed by atoms with Crippen molar-refractivity contribution in [1.82, 2.24) is 4.57 Å². The lowest BCUT2D eigenvalue weighted by molar-refractivity contribution is 0.0471. The third kappa shape index (κ3) is 5.14. The summed E-state index contributed by atoms with van der Waals surface area (Å²) >= 11 is 0. The molecule has 2 rings (SSSR count). The highest BCUT2D eigenvalue weighted by molar-refractivity contribution is 7.84. The topological polar surface area (TPSA) is 74.6 Å². The third-order valence-electron chi connectivity index (χ3n) is 4.36. The lowest BCUT2D eigenvalue weighted by Gasteiger charge is -2.10. The minimum atomic E-state index is -1.32. The van der Waals surface area contributed by atoms with Crippen molar-refractivity contribution in [2.24, 2.45) is 0 Å². The molecule has 0 aliphatic rings. The van der Waals surface area contributed by atoms with Crippen LogP contribution in [0.3, 0.4) is 0 Å². The number of hydrogen-bond acceptors (Lipinski definition) is 5. The Morgan fingerprint density at radius 2 is 1.85 bits per heavy atom. The maximum atomic E-state index is 12.5. The Hall–Kier alpha value is -2.25. The molecular weight excluding hydrogens is 366 g/mol. The van der Waals surface area contributed by atoms with Gasteiger partial charge in [0.05, 0.1) is 21.3 Å². The first-order valence-electron chi connectivity index (χ1n) is 8.65. The average Bonchev–Trinajstić information content (AvgIpc) is 2.94. The van der Waals surface area contributed by atoms with E-state index in [1.807, 2.05) is 19.9 Å². The molecule has 0 saturated heterocycles. The molecule has 146 valence electrons. The van der Waals surface area contributed by atoms with Crippen molar-refractivity contribution in [2.75, 3.05) is 26.6 Å². The molecule has 0 fully saturated rings. The molecule has 1 aromatic carbocycles. The van der Waals surface area contributed by atoms with Crippen molar-refractivity contribution in [2.45, 2.75) is 31.7 Å². The average molecular weight is 391 g/mol. The van der Waals surface area contributed by atoms with Gasteiger partial charge in [0, 0.05) is 43.5 Å². The van der Waals surface area contributed by atoms with Crippen molar-refractivity contribution in [3.8, 4) is 0 Å². The SMILES string of the molecule is COCCCn1c(C)cc(C(=O)COC(=O)c2ccccc2[S@](C)=O)c1C. The molecule has 0 radical (unpaired) electrons. The fourth-order valence-corrected chi connectivity index (χ4v) is 3.70. The van der Waals surface area contributed by atoms with Crippen molar-refractivity contribution >= 4 is 22.6 Å². The first-order chi connectivity index (χ1) is 12.9. The number of methoxy groups -OCH3 is 1. The smallest absolute Gasteiger partial charge is 0.339 e. The van der Waals surface area contributed by atoms with Gasteiger partial charge in [0.2, 0.25) is 5.78 Å². The van der Waals surface area contributed by atoms with Gasteiger partial charge in [-0.3, -0.25) is 9.00 Å². The summed E-state index contributed by atoms with van der Waals surface area (Å²) in [7, 11) is 0.339. The summed E-state index contributed by atoms with van der Waals surface area (Å²) < 4.78 is 24.1. The van der Waals surface area contributed by atoms with Gasteiger partial charge in [0.25, 0.3) is 0 Å². The van der Waals surface area contributed by atoms with E-state index in [4.69, 9.17) is 9.47 Å². The number of benzene rings is 1. The predicted octanol–water partition coefficient (Wildman–Crippen LogP) is 2.92. The van der Waals surface area contributed by atoms with Crippen LogP contribution in [0.4, 0.5) is 0 Å². The van der Waals surface area contributed by atoms with Gasteiger partial charge >= 0.3 is 5.97 Å². The highest BCUT2D eigenvalue weighted by atomic mass is 32.2. The normalized spacial score (nSPS) is 12.0. The van der Waals surface area contributed by atoms with Crippen LogP contribution < -0.4 is 0 Å². The maximum absolute atomic E-state index is 12.5. The van der Waals surface area contributed by atoms with Crippen LogP contribution in [0.15, 0.2) is 35.2 Å². The van der Waals surface area contributed by atoms with Crippen molar-refractivity contribution in [1.29, 1.82) is 0 Å². The molecule has 7 heteroatoms. The number of ketones is 1. The lowest BCUT2D eigenvalue weighted by Crippen LogP contribution is -2.16. The number of carbonyl (C=O) groups excluding carboxylic acids is 2. The molecule has 0 saturated carbocycles. The number of hydrogen-bond donors (Lipinski definition) is 0. The van der Waals surface area contributed by atoms with E-state index in [1.165, 1.54) is 6.26 Å². The monoisotopic (exact) mass is 391 g/mol. The molecule has 1 heterocycles. The van der Waals surface area contributed by atoms with Crippen LogP contribution in [0.1, 0.15) is 38.5 Å². The summed E-state index contributed by atoms with van der Waals surface area (Å²) in [6, 6.07) is 8.35. The van der Waals surface area contributed by atoms with Crippen LogP contribution in [-0.4, -0.2) is 47.1 Å². The van der Waals surface area contributed by atoms with Gasteiger partial charge in [0.1, 0.15) is 0 Å². The van der Waals surface area contributed by atoms with Gasteiger partial charge in [-0.2, -0.15) is 0 Å². The summed E-state index contributed by atoms with van der Waals surface area (Å²) in [5, 5.41) is 0. The minimum Gasteiger partial charge on any atom is -0.454 e. The van der Waals surface area contributed by atoms with E-state index >= 15 is 0 Å². The summed E-state index contributed by atoms with van der Waals surface area (Å²) in [5.41, 5.74) is 2.59. The molecule has 2 aromatic rings. The molecule has 27 heavy (non-hydrogen) atoms. The lowest BCUT2D eigenvalue weighted by atomic mass is 10.1. The van der Waals surface area contributed by atoms with E-state index in [-0.39, 0.29) is 18.0 Å². The minimum absolute atomic E-state index is 0.219. The fourth-order valence-electron chi connectivity index (χ4n) is 2.97. The Morgan fingerprint density at radius 3 is 2.52 bits per heavy atom. The maximum Gasteiger partial charge on any atom is 0.339 e. The van der Waals surface area contributed by atoms with E-state index in [0.29, 0.717) is 17.1 Å². The molecule has 1 atom stereocenters. The molecule has 0 spiro atoms. The summed E-state index contributed by atoms with van der Waals surface area (Å²) in [5.74, 6) is -0.910. The van der Waals surface area contributed by atoms with Crippen molar-refractivity contribution < 1.29 is 23.3 Å². The van der Waals surface area contributed by atoms with E-state index in [9.17, 15) is 13.8 Å². The van der Waals surface area contributed by atoms with Gasteiger partial charge in [-0.25, -0.2) is 4.79 Å². The summed E-state index contributed by atoms with van der Waals surface area (Å²) in [6.07, 6.45) is 2.34. The molecule has 0 bridgehead atoms. The number of Topliss-reactive ketones (excluding diaryl/α,β-unsaturated/α-hetero) is 1. The second kappa shape index (κ2) is 9.62. The first kappa shape index (κ1) is 21.1. The third-order valence-corrected chi connectivity index (χ3v) is 5.33. The molecule has 0 unspecified atom stereocenters. The van der Waals surface area contributed by atoms with Crippen molar-refractivity contribution in [3.05, 3.63) is 52.8 Å². The van der Waals surface area contributed by atoms with Gasteiger partial charge in [0.15, 0.2) is 6.61 Å². The molecular formula is C20H25NO5S. The van der Waals surface area contributed by atoms with Crippen LogP contribution in [0.2, 0.25) is 0 Å². The van der Waals surface area contributed by atoms with Gasteiger partial charge in [-0.1, -0.05) is 12.1 Å². The molecule has 0 aliphatic heterocycles. The number of aryl methyl sites for hydroxylation is 1. The summed E-state index contributed by atoms with van der Waals surface area (Å²) in [4.78, 5) is 25.2. The number of ether oxygens (including phenoxy) is 2. The largest absolute Gasteiger partial charge is 0.454 e. The van der Waals surface area contributed by atoms with Gasteiger partial charge < -0.3 is 14.0 Å². The zero-order valence-corrected chi connectivity index (χ0v) is 16.9. The quantitative estimate of drug-likeness (QED) is 0.373.